The molecular formula is C23H23FO5. The normalized spacial score (nSPS) is 11.2. The molecule has 0 radical (unpaired) electrons. The van der Waals surface area contributed by atoms with Crippen molar-refractivity contribution in [2.45, 2.75) is 20.5 Å². The monoisotopic (exact) mass is 398 g/mol. The van der Waals surface area contributed by atoms with Crippen LogP contribution in [0.25, 0.3) is 23.3 Å². The molecule has 0 heterocycles. The number of esters is 2. The van der Waals surface area contributed by atoms with E-state index >= 15 is 0 Å². The minimum atomic E-state index is -0.531. The van der Waals surface area contributed by atoms with E-state index in [4.69, 9.17) is 9.47 Å². The Morgan fingerprint density at radius 2 is 1.48 bits per heavy atom. The van der Waals surface area contributed by atoms with Crippen LogP contribution in [-0.2, 0) is 25.7 Å². The van der Waals surface area contributed by atoms with Crippen LogP contribution in [-0.4, -0.2) is 30.3 Å². The van der Waals surface area contributed by atoms with Crippen LogP contribution in [0.5, 0.6) is 0 Å². The van der Waals surface area contributed by atoms with Gasteiger partial charge in [-0.15, -0.1) is 0 Å². The predicted molar refractivity (Wildman–Crippen MR) is 109 cm³/mol. The number of carbonyl (C=O) groups excluding carboxylic acids is 2. The Morgan fingerprint density at radius 3 is 1.93 bits per heavy atom. The summed E-state index contributed by atoms with van der Waals surface area (Å²) in [6, 6.07) is 9.60. The first kappa shape index (κ1) is 22.0. The van der Waals surface area contributed by atoms with Gasteiger partial charge in [0.1, 0.15) is 5.82 Å². The lowest BCUT2D eigenvalue weighted by Gasteiger charge is -2.13. The second-order valence-corrected chi connectivity index (χ2v) is 5.94. The molecule has 0 bridgehead atoms. The number of halogens is 1. The van der Waals surface area contributed by atoms with Gasteiger partial charge in [0.05, 0.1) is 19.8 Å². The van der Waals surface area contributed by atoms with Crippen molar-refractivity contribution >= 4 is 24.1 Å². The first-order chi connectivity index (χ1) is 14.0. The first-order valence-corrected chi connectivity index (χ1v) is 9.22. The molecule has 0 unspecified atom stereocenters. The molecule has 0 aliphatic carbocycles. The van der Waals surface area contributed by atoms with Crippen molar-refractivity contribution < 1.29 is 28.6 Å². The maximum atomic E-state index is 14.3. The van der Waals surface area contributed by atoms with E-state index in [-0.39, 0.29) is 19.8 Å². The summed E-state index contributed by atoms with van der Waals surface area (Å²) in [5.41, 5.74) is 2.38. The molecule has 2 rings (SSSR count). The summed E-state index contributed by atoms with van der Waals surface area (Å²) >= 11 is 0. The third kappa shape index (κ3) is 6.12. The molecule has 0 saturated heterocycles. The fourth-order valence-electron chi connectivity index (χ4n) is 2.74. The topological polar surface area (TPSA) is 72.8 Å². The lowest BCUT2D eigenvalue weighted by molar-refractivity contribution is -0.138. The molecule has 0 fully saturated rings. The Labute approximate surface area is 169 Å². The number of ether oxygens (including phenoxy) is 2. The summed E-state index contributed by atoms with van der Waals surface area (Å²) < 4.78 is 24.1. The largest absolute Gasteiger partial charge is 0.463 e. The Balaban J connectivity index is 2.59. The Bertz CT molecular complexity index is 882. The molecule has 0 aromatic heterocycles. The summed E-state index contributed by atoms with van der Waals surface area (Å²) in [5.74, 6) is -1.47. The van der Waals surface area contributed by atoms with E-state index in [1.165, 1.54) is 30.4 Å². The third-order valence-electron chi connectivity index (χ3n) is 4.03. The van der Waals surface area contributed by atoms with Gasteiger partial charge >= 0.3 is 11.9 Å². The Kier molecular flexibility index (Phi) is 8.30. The lowest BCUT2D eigenvalue weighted by Crippen LogP contribution is -2.01. The molecule has 152 valence electrons. The summed E-state index contributed by atoms with van der Waals surface area (Å²) in [7, 11) is 0. The van der Waals surface area contributed by atoms with Crippen LogP contribution < -0.4 is 0 Å². The fourth-order valence-corrected chi connectivity index (χ4v) is 2.74. The van der Waals surface area contributed by atoms with Crippen molar-refractivity contribution in [3.63, 3.8) is 0 Å². The van der Waals surface area contributed by atoms with E-state index in [1.54, 1.807) is 44.2 Å². The summed E-state index contributed by atoms with van der Waals surface area (Å²) in [5, 5.41) is 9.88. The molecule has 0 atom stereocenters. The van der Waals surface area contributed by atoms with Crippen molar-refractivity contribution in [1.82, 2.24) is 0 Å². The molecule has 2 aromatic rings. The maximum absolute atomic E-state index is 14.3. The predicted octanol–water partition coefficient (Wildman–Crippen LogP) is 4.14. The summed E-state index contributed by atoms with van der Waals surface area (Å²) in [6.07, 6.45) is 5.47. The summed E-state index contributed by atoms with van der Waals surface area (Å²) in [4.78, 5) is 23.4. The van der Waals surface area contributed by atoms with Crippen LogP contribution in [0.4, 0.5) is 4.39 Å². The highest BCUT2D eigenvalue weighted by Gasteiger charge is 2.12. The van der Waals surface area contributed by atoms with Gasteiger partial charge in [0.15, 0.2) is 0 Å². The quantitative estimate of drug-likeness (QED) is 0.535. The lowest BCUT2D eigenvalue weighted by atomic mass is 9.93. The zero-order valence-electron chi connectivity index (χ0n) is 16.4. The number of carbonyl (C=O) groups is 2. The highest BCUT2D eigenvalue weighted by molar-refractivity contribution is 5.90. The van der Waals surface area contributed by atoms with Gasteiger partial charge in [-0.05, 0) is 66.5 Å². The van der Waals surface area contributed by atoms with E-state index in [1.807, 2.05) is 0 Å². The molecular weight excluding hydrogens is 375 g/mol. The number of hydrogen-bond acceptors (Lipinski definition) is 5. The molecule has 1 N–H and O–H groups in total. The zero-order valence-corrected chi connectivity index (χ0v) is 16.4. The highest BCUT2D eigenvalue weighted by Crippen LogP contribution is 2.29. The van der Waals surface area contributed by atoms with Crippen LogP contribution in [0.2, 0.25) is 0 Å². The van der Waals surface area contributed by atoms with Gasteiger partial charge in [0.2, 0.25) is 0 Å². The van der Waals surface area contributed by atoms with Gasteiger partial charge in [0, 0.05) is 17.7 Å². The van der Waals surface area contributed by atoms with Crippen LogP contribution in [0.15, 0.2) is 48.6 Å². The van der Waals surface area contributed by atoms with Crippen LogP contribution in [0, 0.1) is 5.82 Å². The van der Waals surface area contributed by atoms with Crippen molar-refractivity contribution in [3.05, 3.63) is 71.1 Å². The van der Waals surface area contributed by atoms with Gasteiger partial charge in [-0.3, -0.25) is 0 Å². The number of aliphatic hydroxyl groups excluding tert-OH is 1. The van der Waals surface area contributed by atoms with Crippen LogP contribution in [0.3, 0.4) is 0 Å². The fraction of sp³-hybridized carbons (Fsp3) is 0.217. The molecule has 0 amide bonds. The summed E-state index contributed by atoms with van der Waals surface area (Å²) in [6.45, 7) is 3.52. The van der Waals surface area contributed by atoms with Gasteiger partial charge in [-0.25, -0.2) is 14.0 Å². The molecule has 5 nitrogen and oxygen atoms in total. The van der Waals surface area contributed by atoms with Crippen molar-refractivity contribution in [1.29, 1.82) is 0 Å². The molecule has 0 saturated carbocycles. The van der Waals surface area contributed by atoms with Gasteiger partial charge in [-0.1, -0.05) is 18.2 Å². The minimum Gasteiger partial charge on any atom is -0.463 e. The van der Waals surface area contributed by atoms with Crippen LogP contribution in [0.1, 0.15) is 30.5 Å². The average Bonchev–Trinajstić information content (AvgIpc) is 2.71. The zero-order chi connectivity index (χ0) is 21.2. The molecule has 2 aromatic carbocycles. The van der Waals surface area contributed by atoms with E-state index in [0.29, 0.717) is 27.8 Å². The van der Waals surface area contributed by atoms with E-state index < -0.39 is 17.8 Å². The van der Waals surface area contributed by atoms with Gasteiger partial charge in [0.25, 0.3) is 0 Å². The second-order valence-electron chi connectivity index (χ2n) is 5.94. The van der Waals surface area contributed by atoms with Crippen molar-refractivity contribution in [2.75, 3.05) is 13.2 Å². The third-order valence-corrected chi connectivity index (χ3v) is 4.03. The van der Waals surface area contributed by atoms with E-state index in [2.05, 4.69) is 0 Å². The number of aliphatic hydroxyl groups is 1. The Morgan fingerprint density at radius 1 is 0.966 bits per heavy atom. The minimum absolute atomic E-state index is 0.235. The van der Waals surface area contributed by atoms with E-state index in [0.717, 1.165) is 0 Å². The van der Waals surface area contributed by atoms with Gasteiger partial charge < -0.3 is 14.6 Å². The molecule has 0 spiro atoms. The van der Waals surface area contributed by atoms with Crippen molar-refractivity contribution in [3.8, 4) is 11.1 Å². The number of rotatable bonds is 8. The molecule has 29 heavy (non-hydrogen) atoms. The first-order valence-electron chi connectivity index (χ1n) is 9.22. The molecule has 0 aliphatic rings. The SMILES string of the molecule is CCOC(=O)/C=C/c1cc(-c2ccccc2F)cc(/C=C/C(=O)OCC)c1CO. The maximum Gasteiger partial charge on any atom is 0.330 e. The standard InChI is InChI=1S/C23H23FO5/c1-3-28-22(26)11-9-16-13-18(19-7-5-6-8-21(19)24)14-17(20(16)15-25)10-12-23(27)29-4-2/h5-14,25H,3-4,15H2,1-2H3/b11-9+,12-10+. The second kappa shape index (κ2) is 10.9. The Hall–Kier alpha value is -3.25. The van der Waals surface area contributed by atoms with Gasteiger partial charge in [-0.2, -0.15) is 0 Å². The van der Waals surface area contributed by atoms with Crippen molar-refractivity contribution in [2.24, 2.45) is 0 Å². The number of hydrogen-bond donors (Lipinski definition) is 1. The highest BCUT2D eigenvalue weighted by atomic mass is 19.1. The molecule has 0 aliphatic heterocycles. The number of benzene rings is 2. The average molecular weight is 398 g/mol. The van der Waals surface area contributed by atoms with Crippen LogP contribution >= 0.6 is 0 Å². The smallest absolute Gasteiger partial charge is 0.330 e. The molecule has 6 heteroatoms. The van der Waals surface area contributed by atoms with E-state index in [9.17, 15) is 19.1 Å².